The Labute approximate surface area is 259 Å². The van der Waals surface area contributed by atoms with Crippen molar-refractivity contribution in [2.24, 2.45) is 0 Å². The molecule has 226 valence electrons. The molecule has 0 saturated carbocycles. The number of benzene rings is 1. The fourth-order valence-electron chi connectivity index (χ4n) is 6.05. The number of ether oxygens (including phenoxy) is 1. The minimum absolute atomic E-state index is 0. The molecule has 40 heavy (non-hydrogen) atoms. The first-order chi connectivity index (χ1) is 18.2. The lowest BCUT2D eigenvalue weighted by Gasteiger charge is -2.42. The monoisotopic (exact) mass is 654 g/mol. The first-order valence-electron chi connectivity index (χ1n) is 13.7. The van der Waals surface area contributed by atoms with Crippen LogP contribution in [0.2, 0.25) is 5.02 Å². The molecule has 0 spiro atoms. The highest BCUT2D eigenvalue weighted by atomic mass is 35.5. The molecule has 0 N–H and O–H groups in total. The third kappa shape index (κ3) is 7.44. The lowest BCUT2D eigenvalue weighted by Crippen LogP contribution is -2.54. The van der Waals surface area contributed by atoms with Gasteiger partial charge in [0.1, 0.15) is 10.8 Å². The predicted octanol–water partition coefficient (Wildman–Crippen LogP) is 4.50. The number of hydrogen-bond donors (Lipinski definition) is 0. The van der Waals surface area contributed by atoms with E-state index in [0.717, 1.165) is 74.2 Å². The van der Waals surface area contributed by atoms with E-state index in [2.05, 4.69) is 16.8 Å². The number of hydrogen-bond acceptors (Lipinski definition) is 7. The zero-order valence-corrected chi connectivity index (χ0v) is 27.2. The minimum Gasteiger partial charge on any atom is -0.370 e. The fourth-order valence-corrected chi connectivity index (χ4v) is 9.76. The summed E-state index contributed by atoms with van der Waals surface area (Å²) >= 11 is 7.46. The Balaban J connectivity index is 0.00000220. The van der Waals surface area contributed by atoms with Crippen molar-refractivity contribution in [3.8, 4) is 0 Å². The lowest BCUT2D eigenvalue weighted by atomic mass is 10.0. The maximum atomic E-state index is 13.8. The quantitative estimate of drug-likeness (QED) is 0.438. The molecule has 3 aliphatic heterocycles. The average Bonchev–Trinajstić information content (AvgIpc) is 3.25. The first kappa shape index (κ1) is 33.8. The summed E-state index contributed by atoms with van der Waals surface area (Å²) in [5.74, 6) is -0.00419. The number of likely N-dealkylation sites (tertiary alicyclic amines) is 1. The van der Waals surface area contributed by atoms with Crippen LogP contribution in [0.15, 0.2) is 22.4 Å². The summed E-state index contributed by atoms with van der Waals surface area (Å²) in [4.78, 5) is 19.7. The number of rotatable bonds is 7. The minimum atomic E-state index is -3.68. The van der Waals surface area contributed by atoms with Gasteiger partial charge in [0.25, 0.3) is 10.0 Å². The van der Waals surface area contributed by atoms with Crippen LogP contribution in [0.3, 0.4) is 0 Å². The smallest absolute Gasteiger partial charge is 0.253 e. The highest BCUT2D eigenvalue weighted by Gasteiger charge is 2.36. The SMILES string of the molecule is Cc1c(S(=O)(=O)N2CCCCC2COCC(=O)N2CCN(C3CCN(C)CC3)CC2)sc2ccc(Cl)cc12.Cl.Cl. The third-order valence-electron chi connectivity index (χ3n) is 8.38. The van der Waals surface area contributed by atoms with Crippen LogP contribution >= 0.6 is 47.8 Å². The molecular weight excluding hydrogens is 615 g/mol. The van der Waals surface area contributed by atoms with Crippen LogP contribution in [0.1, 0.15) is 37.7 Å². The Kier molecular flexibility index (Phi) is 12.4. The summed E-state index contributed by atoms with van der Waals surface area (Å²) in [7, 11) is -1.51. The van der Waals surface area contributed by atoms with Crippen molar-refractivity contribution < 1.29 is 17.9 Å². The van der Waals surface area contributed by atoms with Crippen molar-refractivity contribution in [1.82, 2.24) is 19.0 Å². The van der Waals surface area contributed by atoms with Crippen LogP contribution in [0.4, 0.5) is 0 Å². The number of halogens is 3. The van der Waals surface area contributed by atoms with Crippen molar-refractivity contribution >= 4 is 73.8 Å². The topological polar surface area (TPSA) is 73.4 Å². The van der Waals surface area contributed by atoms with E-state index in [0.29, 0.717) is 21.8 Å². The highest BCUT2D eigenvalue weighted by molar-refractivity contribution is 7.91. The van der Waals surface area contributed by atoms with E-state index in [1.54, 1.807) is 10.4 Å². The van der Waals surface area contributed by atoms with Crippen molar-refractivity contribution in [2.75, 3.05) is 66.1 Å². The number of fused-ring (bicyclic) bond motifs is 1. The van der Waals surface area contributed by atoms with Crippen LogP contribution in [-0.2, 0) is 19.6 Å². The molecule has 3 saturated heterocycles. The molecule has 2 aromatic rings. The van der Waals surface area contributed by atoms with Gasteiger partial charge in [-0.05, 0) is 81.9 Å². The number of piperazine rings is 1. The molecule has 4 heterocycles. The van der Waals surface area contributed by atoms with Crippen molar-refractivity contribution in [3.63, 3.8) is 0 Å². The summed E-state index contributed by atoms with van der Waals surface area (Å²) in [6, 6.07) is 5.86. The summed E-state index contributed by atoms with van der Waals surface area (Å²) in [5.41, 5.74) is 0.743. The maximum absolute atomic E-state index is 13.8. The molecular formula is C27H41Cl3N4O4S2. The van der Waals surface area contributed by atoms with Crippen LogP contribution in [0, 0.1) is 6.92 Å². The Morgan fingerprint density at radius 2 is 1.73 bits per heavy atom. The molecule has 13 heteroatoms. The number of piperidine rings is 2. The number of sulfonamides is 1. The second kappa shape index (κ2) is 14.7. The van der Waals surface area contributed by atoms with Crippen LogP contribution in [0.5, 0.6) is 0 Å². The second-order valence-corrected chi connectivity index (χ2v) is 14.5. The number of aryl methyl sites for hydroxylation is 1. The summed E-state index contributed by atoms with van der Waals surface area (Å²) in [6.45, 7) is 8.12. The van der Waals surface area contributed by atoms with Crippen LogP contribution in [-0.4, -0.2) is 111 Å². The summed E-state index contributed by atoms with van der Waals surface area (Å²) < 4.78 is 36.3. The predicted molar refractivity (Wildman–Crippen MR) is 167 cm³/mol. The molecule has 3 aliphatic rings. The average molecular weight is 656 g/mol. The Hall–Kier alpha value is -0.690. The van der Waals surface area contributed by atoms with Gasteiger partial charge in [0.2, 0.25) is 5.91 Å². The Bertz CT molecular complexity index is 1250. The lowest BCUT2D eigenvalue weighted by molar-refractivity contribution is -0.138. The molecule has 1 amide bonds. The molecule has 1 atom stereocenters. The molecule has 0 radical (unpaired) electrons. The number of carbonyl (C=O) groups is 1. The van der Waals surface area contributed by atoms with E-state index in [9.17, 15) is 13.2 Å². The van der Waals surface area contributed by atoms with Gasteiger partial charge in [0.15, 0.2) is 0 Å². The molecule has 1 aromatic carbocycles. The van der Waals surface area contributed by atoms with Gasteiger partial charge in [0, 0.05) is 54.5 Å². The van der Waals surface area contributed by atoms with Crippen LogP contribution < -0.4 is 0 Å². The number of amides is 1. The zero-order valence-electron chi connectivity index (χ0n) is 23.2. The van der Waals surface area contributed by atoms with Gasteiger partial charge >= 0.3 is 0 Å². The van der Waals surface area contributed by atoms with Gasteiger partial charge in [0.05, 0.1) is 6.61 Å². The second-order valence-electron chi connectivity index (χ2n) is 10.9. The van der Waals surface area contributed by atoms with Gasteiger partial charge < -0.3 is 14.5 Å². The van der Waals surface area contributed by atoms with Crippen molar-refractivity contribution in [2.45, 2.75) is 55.3 Å². The fraction of sp³-hybridized carbons (Fsp3) is 0.667. The zero-order chi connectivity index (χ0) is 26.9. The van der Waals surface area contributed by atoms with E-state index in [1.165, 1.54) is 24.2 Å². The van der Waals surface area contributed by atoms with E-state index < -0.39 is 10.0 Å². The highest BCUT2D eigenvalue weighted by Crippen LogP contribution is 2.38. The third-order valence-corrected chi connectivity index (χ3v) is 12.4. The Morgan fingerprint density at radius 1 is 1.02 bits per heavy atom. The first-order valence-corrected chi connectivity index (χ1v) is 16.4. The number of nitrogens with zero attached hydrogens (tertiary/aromatic N) is 4. The molecule has 1 aromatic heterocycles. The summed E-state index contributed by atoms with van der Waals surface area (Å²) in [5, 5.41) is 1.48. The van der Waals surface area contributed by atoms with Crippen LogP contribution in [0.25, 0.3) is 10.1 Å². The van der Waals surface area contributed by atoms with E-state index >= 15 is 0 Å². The molecule has 8 nitrogen and oxygen atoms in total. The molecule has 0 bridgehead atoms. The van der Waals surface area contributed by atoms with Crippen molar-refractivity contribution in [1.29, 1.82) is 0 Å². The maximum Gasteiger partial charge on any atom is 0.253 e. The van der Waals surface area contributed by atoms with Crippen molar-refractivity contribution in [3.05, 3.63) is 28.8 Å². The largest absolute Gasteiger partial charge is 0.370 e. The van der Waals surface area contributed by atoms with Gasteiger partial charge in [-0.2, -0.15) is 4.31 Å². The molecule has 1 unspecified atom stereocenters. The molecule has 3 fully saturated rings. The molecule has 5 rings (SSSR count). The van der Waals surface area contributed by atoms with E-state index in [4.69, 9.17) is 16.3 Å². The normalized spacial score (nSPS) is 22.2. The van der Waals surface area contributed by atoms with E-state index in [-0.39, 0.29) is 50.0 Å². The van der Waals surface area contributed by atoms with Gasteiger partial charge in [-0.25, -0.2) is 8.42 Å². The van der Waals surface area contributed by atoms with E-state index in [1.807, 2.05) is 24.0 Å². The standard InChI is InChI=1S/C27H39ClN4O4S2.2ClH/c1-20-24-17-21(28)6-7-25(24)37-27(20)38(34,35)32-10-4-3-5-23(32)18-36-19-26(33)31-15-13-30(14-16-31)22-8-11-29(2)12-9-22;;/h6-7,17,22-23H,3-5,8-16,18-19H2,1-2H3;2*1H. The number of carbonyl (C=O) groups excluding carboxylic acids is 1. The Morgan fingerprint density at radius 3 is 2.42 bits per heavy atom. The summed E-state index contributed by atoms with van der Waals surface area (Å²) in [6.07, 6.45) is 4.91. The van der Waals surface area contributed by atoms with Gasteiger partial charge in [-0.1, -0.05) is 18.0 Å². The van der Waals surface area contributed by atoms with Gasteiger partial charge in [-0.3, -0.25) is 9.69 Å². The number of thiophene rings is 1. The van der Waals surface area contributed by atoms with Gasteiger partial charge in [-0.15, -0.1) is 36.2 Å². The molecule has 0 aliphatic carbocycles.